The quantitative estimate of drug-likeness (QED) is 0.734. The summed E-state index contributed by atoms with van der Waals surface area (Å²) in [6.07, 6.45) is 7.34. The molecule has 116 valence electrons. The van der Waals surface area contributed by atoms with Gasteiger partial charge in [-0.15, -0.1) is 0 Å². The molecule has 0 radical (unpaired) electrons. The molecule has 5 nitrogen and oxygen atoms in total. The van der Waals surface area contributed by atoms with Crippen molar-refractivity contribution in [3.05, 3.63) is 11.6 Å². The Labute approximate surface area is 129 Å². The number of allylic oxidation sites excluding steroid dienone is 1. The van der Waals surface area contributed by atoms with E-state index in [1.165, 1.54) is 0 Å². The lowest BCUT2D eigenvalue weighted by molar-refractivity contribution is -0.157. The summed E-state index contributed by atoms with van der Waals surface area (Å²) in [6.45, 7) is 0. The summed E-state index contributed by atoms with van der Waals surface area (Å²) in [5.74, 6) is 0.903. The van der Waals surface area contributed by atoms with E-state index in [0.717, 1.165) is 37.7 Å². The third-order valence-electron chi connectivity index (χ3n) is 6.95. The van der Waals surface area contributed by atoms with Crippen LogP contribution in [0.15, 0.2) is 11.6 Å². The molecule has 1 heterocycles. The molecule has 5 heteroatoms. The second kappa shape index (κ2) is 3.74. The lowest BCUT2D eigenvalue weighted by atomic mass is 9.40. The number of amides is 1. The molecule has 1 saturated heterocycles. The highest BCUT2D eigenvalue weighted by molar-refractivity contribution is 5.86. The van der Waals surface area contributed by atoms with Gasteiger partial charge in [0.1, 0.15) is 6.04 Å². The lowest BCUT2D eigenvalue weighted by Gasteiger charge is -2.66. The van der Waals surface area contributed by atoms with Crippen LogP contribution in [0.2, 0.25) is 0 Å². The van der Waals surface area contributed by atoms with Crippen LogP contribution in [0.25, 0.3) is 0 Å². The molecule has 4 bridgehead atoms. The number of nitriles is 1. The topological polar surface area (TPSA) is 90.4 Å². The van der Waals surface area contributed by atoms with Crippen LogP contribution in [0.5, 0.6) is 0 Å². The van der Waals surface area contributed by atoms with Gasteiger partial charge in [-0.3, -0.25) is 4.79 Å². The normalized spacial score (nSPS) is 51.5. The molecule has 3 saturated carbocycles. The fraction of sp³-hybridized carbons (Fsp3) is 0.765. The van der Waals surface area contributed by atoms with Gasteiger partial charge in [-0.1, -0.05) is 6.08 Å². The summed E-state index contributed by atoms with van der Waals surface area (Å²) in [4.78, 5) is 14.8. The molecular formula is C17H21N3O2. The highest BCUT2D eigenvalue weighted by Gasteiger charge is 2.69. The van der Waals surface area contributed by atoms with Gasteiger partial charge in [0.05, 0.1) is 17.7 Å². The van der Waals surface area contributed by atoms with Gasteiger partial charge in [0.2, 0.25) is 5.91 Å². The molecule has 0 aromatic carbocycles. The Morgan fingerprint density at radius 1 is 1.50 bits per heavy atom. The maximum atomic E-state index is 13.0. The van der Waals surface area contributed by atoms with E-state index in [1.807, 2.05) is 0 Å². The van der Waals surface area contributed by atoms with Gasteiger partial charge in [-0.25, -0.2) is 0 Å². The van der Waals surface area contributed by atoms with Gasteiger partial charge in [-0.2, -0.15) is 5.26 Å². The largest absolute Gasteiger partial charge is 0.385 e. The molecule has 3 unspecified atom stereocenters. The number of hydrogen-bond donors (Lipinski definition) is 2. The molecule has 0 spiro atoms. The van der Waals surface area contributed by atoms with E-state index in [-0.39, 0.29) is 23.4 Å². The van der Waals surface area contributed by atoms with Crippen LogP contribution >= 0.6 is 0 Å². The summed E-state index contributed by atoms with van der Waals surface area (Å²) in [5.41, 5.74) is 6.42. The van der Waals surface area contributed by atoms with Gasteiger partial charge in [0.15, 0.2) is 0 Å². The minimum Gasteiger partial charge on any atom is -0.385 e. The number of hydrogen-bond acceptors (Lipinski definition) is 4. The third-order valence-corrected chi connectivity index (χ3v) is 6.95. The van der Waals surface area contributed by atoms with Crippen LogP contribution in [-0.4, -0.2) is 39.6 Å². The summed E-state index contributed by atoms with van der Waals surface area (Å²) in [5, 5.41) is 19.9. The van der Waals surface area contributed by atoms with Crippen molar-refractivity contribution in [3.63, 3.8) is 0 Å². The monoisotopic (exact) mass is 299 g/mol. The van der Waals surface area contributed by atoms with Gasteiger partial charge >= 0.3 is 0 Å². The van der Waals surface area contributed by atoms with Crippen LogP contribution in [0.4, 0.5) is 0 Å². The van der Waals surface area contributed by atoms with E-state index in [4.69, 9.17) is 5.73 Å². The molecule has 4 fully saturated rings. The second-order valence-corrected chi connectivity index (χ2v) is 8.16. The van der Waals surface area contributed by atoms with Crippen molar-refractivity contribution < 1.29 is 9.90 Å². The highest BCUT2D eigenvalue weighted by Crippen LogP contribution is 2.68. The molecule has 22 heavy (non-hydrogen) atoms. The molecule has 7 atom stereocenters. The lowest BCUT2D eigenvalue weighted by Crippen LogP contribution is -2.71. The van der Waals surface area contributed by atoms with Gasteiger partial charge in [0.25, 0.3) is 0 Å². The average molecular weight is 299 g/mol. The Morgan fingerprint density at radius 2 is 2.32 bits per heavy atom. The van der Waals surface area contributed by atoms with Gasteiger partial charge < -0.3 is 15.7 Å². The smallest absolute Gasteiger partial charge is 0.241 e. The summed E-state index contributed by atoms with van der Waals surface area (Å²) >= 11 is 0. The first-order valence-electron chi connectivity index (χ1n) is 8.39. The van der Waals surface area contributed by atoms with Crippen molar-refractivity contribution in [3.8, 4) is 6.07 Å². The number of rotatable bonds is 2. The van der Waals surface area contributed by atoms with E-state index in [1.54, 1.807) is 4.90 Å². The van der Waals surface area contributed by atoms with Crippen LogP contribution in [-0.2, 0) is 4.79 Å². The van der Waals surface area contributed by atoms with Crippen LogP contribution in [0.1, 0.15) is 38.5 Å². The number of piperidine rings is 1. The van der Waals surface area contributed by atoms with Gasteiger partial charge in [0, 0.05) is 11.5 Å². The minimum atomic E-state index is -0.694. The predicted octanol–water partition coefficient (Wildman–Crippen LogP) is 0.688. The number of fused-ring (bicyclic) bond motifs is 2. The van der Waals surface area contributed by atoms with Crippen molar-refractivity contribution in [2.45, 2.75) is 62.3 Å². The minimum absolute atomic E-state index is 0.0629. The van der Waals surface area contributed by atoms with E-state index < -0.39 is 11.6 Å². The fourth-order valence-electron chi connectivity index (χ4n) is 6.03. The molecule has 1 amide bonds. The van der Waals surface area contributed by atoms with Crippen molar-refractivity contribution in [1.82, 2.24) is 4.90 Å². The van der Waals surface area contributed by atoms with Crippen molar-refractivity contribution in [2.75, 3.05) is 0 Å². The summed E-state index contributed by atoms with van der Waals surface area (Å²) in [7, 11) is 0. The van der Waals surface area contributed by atoms with E-state index in [2.05, 4.69) is 12.1 Å². The standard InChI is InChI=1S/C17H21N3O2/c18-7-11-3-10-4-12(10)20(11)15(21)14(19)16-5-9-1-2-13(16)17(22,6-9)8-16/h2,9-12,14,22H,1,3-6,8,19H2/t9?,10-,11+,12+,14-,16?,17?/m1/s1. The SMILES string of the molecule is N#C[C@@H]1C[C@@H]2C[C@@H]2N1C(=O)[C@@H](N)C12CC3CC=C1C(O)(C3)C2. The molecule has 5 aliphatic carbocycles. The first kappa shape index (κ1) is 13.1. The Hall–Kier alpha value is -1.38. The highest BCUT2D eigenvalue weighted by atomic mass is 16.3. The predicted molar refractivity (Wildman–Crippen MR) is 78.2 cm³/mol. The second-order valence-electron chi connectivity index (χ2n) is 8.16. The number of nitrogens with zero attached hydrogens (tertiary/aromatic N) is 2. The Bertz CT molecular complexity index is 653. The van der Waals surface area contributed by atoms with Crippen LogP contribution < -0.4 is 5.73 Å². The number of nitrogens with two attached hydrogens (primary N) is 1. The van der Waals surface area contributed by atoms with E-state index >= 15 is 0 Å². The maximum Gasteiger partial charge on any atom is 0.241 e. The molecule has 0 aromatic heterocycles. The fourth-order valence-corrected chi connectivity index (χ4v) is 6.03. The number of carbonyl (C=O) groups is 1. The Kier molecular flexibility index (Phi) is 2.23. The molecular weight excluding hydrogens is 278 g/mol. The Balaban J connectivity index is 1.45. The zero-order valence-corrected chi connectivity index (χ0v) is 12.5. The molecule has 6 aliphatic rings. The van der Waals surface area contributed by atoms with Crippen LogP contribution in [0.3, 0.4) is 0 Å². The Morgan fingerprint density at radius 3 is 3.00 bits per heavy atom. The van der Waals surface area contributed by atoms with E-state index in [9.17, 15) is 15.2 Å². The molecule has 6 rings (SSSR count). The summed E-state index contributed by atoms with van der Waals surface area (Å²) < 4.78 is 0. The molecule has 1 aliphatic heterocycles. The van der Waals surface area contributed by atoms with Crippen LogP contribution in [0, 0.1) is 28.6 Å². The average Bonchev–Trinajstić information content (AvgIpc) is 3.15. The van der Waals surface area contributed by atoms with Crippen molar-refractivity contribution in [1.29, 1.82) is 5.26 Å². The molecule has 3 N–H and O–H groups in total. The number of carbonyl (C=O) groups excluding carboxylic acids is 1. The third kappa shape index (κ3) is 1.34. The summed E-state index contributed by atoms with van der Waals surface area (Å²) in [6, 6.07) is 1.61. The maximum absolute atomic E-state index is 13.0. The van der Waals surface area contributed by atoms with E-state index in [0.29, 0.717) is 18.3 Å². The van der Waals surface area contributed by atoms with Crippen molar-refractivity contribution >= 4 is 5.91 Å². The first-order valence-corrected chi connectivity index (χ1v) is 8.39. The van der Waals surface area contributed by atoms with Gasteiger partial charge in [-0.05, 0) is 55.9 Å². The number of likely N-dealkylation sites (tertiary alicyclic amines) is 1. The molecule has 0 aromatic rings. The first-order chi connectivity index (χ1) is 10.5. The van der Waals surface area contributed by atoms with Crippen molar-refractivity contribution in [2.24, 2.45) is 23.0 Å². The zero-order valence-electron chi connectivity index (χ0n) is 12.5. The zero-order chi connectivity index (χ0) is 15.3. The number of aliphatic hydroxyl groups is 1.